The first-order chi connectivity index (χ1) is 13.3. The van der Waals surface area contributed by atoms with Crippen LogP contribution in [-0.2, 0) is 16.1 Å². The number of hydrogen-bond donors (Lipinski definition) is 1. The van der Waals surface area contributed by atoms with Crippen molar-refractivity contribution >= 4 is 17.5 Å². The molecule has 2 heterocycles. The number of nitrogens with zero attached hydrogens (tertiary/aromatic N) is 1. The fourth-order valence-corrected chi connectivity index (χ4v) is 4.55. The van der Waals surface area contributed by atoms with Crippen LogP contribution in [0.2, 0.25) is 0 Å². The molecule has 1 N–H and O–H groups in total. The van der Waals surface area contributed by atoms with Gasteiger partial charge < -0.3 is 18.9 Å². The molecule has 162 valence electrons. The number of piperidine rings is 1. The first-order valence-corrected chi connectivity index (χ1v) is 11.1. The molecule has 1 amide bonds. The smallest absolute Gasteiger partial charge is 0.410 e. The van der Waals surface area contributed by atoms with Crippen LogP contribution in [0.4, 0.5) is 9.18 Å². The molecule has 1 aromatic rings. The third kappa shape index (κ3) is 4.81. The lowest BCUT2D eigenvalue weighted by molar-refractivity contribution is -0.0204. The van der Waals surface area contributed by atoms with Gasteiger partial charge in [0.1, 0.15) is 33.6 Å². The van der Waals surface area contributed by atoms with Gasteiger partial charge in [0.25, 0.3) is 0 Å². The fraction of sp³-hybridized carbons (Fsp3) is 0.667. The number of halogens is 1. The SMILES string of the molecule is CC(C)(C)OC(=O)N1CCC2(CC1)Oc1ccc(F)cc1[C@H]2N[S@+]([O-])C(C)(C)C. The summed E-state index contributed by atoms with van der Waals surface area (Å²) in [5, 5.41) is 0. The van der Waals surface area contributed by atoms with Gasteiger partial charge in [-0.1, -0.05) is 0 Å². The third-order valence-corrected chi connectivity index (χ3v) is 6.73. The number of nitrogens with one attached hydrogen (secondary N) is 1. The second-order valence-electron chi connectivity index (χ2n) is 9.75. The van der Waals surface area contributed by atoms with Gasteiger partial charge in [-0.3, -0.25) is 0 Å². The average molecular weight is 427 g/mol. The van der Waals surface area contributed by atoms with E-state index in [0.717, 1.165) is 0 Å². The molecular weight excluding hydrogens is 395 g/mol. The molecule has 2 aliphatic heterocycles. The van der Waals surface area contributed by atoms with Gasteiger partial charge in [-0.05, 0) is 59.7 Å². The van der Waals surface area contributed by atoms with Gasteiger partial charge in [0.2, 0.25) is 0 Å². The Labute approximate surface area is 175 Å². The Bertz CT molecular complexity index is 767. The van der Waals surface area contributed by atoms with Crippen molar-refractivity contribution in [3.05, 3.63) is 29.6 Å². The molecule has 0 radical (unpaired) electrons. The molecule has 3 rings (SSSR count). The molecule has 1 spiro atoms. The van der Waals surface area contributed by atoms with E-state index in [2.05, 4.69) is 4.72 Å². The molecule has 0 aliphatic carbocycles. The Morgan fingerprint density at radius 3 is 2.45 bits per heavy atom. The molecule has 2 aliphatic rings. The van der Waals surface area contributed by atoms with E-state index in [1.807, 2.05) is 41.5 Å². The lowest BCUT2D eigenvalue weighted by atomic mass is 9.83. The number of benzene rings is 1. The van der Waals surface area contributed by atoms with E-state index in [9.17, 15) is 13.7 Å². The van der Waals surface area contributed by atoms with Crippen molar-refractivity contribution in [1.82, 2.24) is 9.62 Å². The zero-order valence-electron chi connectivity index (χ0n) is 18.0. The third-order valence-electron chi connectivity index (χ3n) is 5.16. The van der Waals surface area contributed by atoms with Crippen LogP contribution in [0.5, 0.6) is 5.75 Å². The van der Waals surface area contributed by atoms with E-state index in [0.29, 0.717) is 37.2 Å². The predicted molar refractivity (Wildman–Crippen MR) is 111 cm³/mol. The van der Waals surface area contributed by atoms with E-state index in [4.69, 9.17) is 9.47 Å². The van der Waals surface area contributed by atoms with Gasteiger partial charge >= 0.3 is 6.09 Å². The molecule has 1 fully saturated rings. The monoisotopic (exact) mass is 426 g/mol. The fourth-order valence-electron chi connectivity index (χ4n) is 3.64. The van der Waals surface area contributed by atoms with Crippen LogP contribution in [0, 0.1) is 5.82 Å². The standard InChI is InChI=1S/C21H31FN2O4S/c1-19(2,3)28-18(25)24-11-9-21(10-12-24)17(23-29(26)20(4,5)6)15-13-14(22)7-8-16(15)27-21/h7-8,13,17,23H,9-12H2,1-6H3/t17-,29-/m1/s1. The van der Waals surface area contributed by atoms with Crippen molar-refractivity contribution < 1.29 is 23.2 Å². The number of ether oxygens (including phenoxy) is 2. The van der Waals surface area contributed by atoms with Gasteiger partial charge in [0.15, 0.2) is 0 Å². The summed E-state index contributed by atoms with van der Waals surface area (Å²) in [5.74, 6) is 0.240. The lowest BCUT2D eigenvalue weighted by Gasteiger charge is -2.42. The largest absolute Gasteiger partial charge is 0.598 e. The highest BCUT2D eigenvalue weighted by Crippen LogP contribution is 2.49. The molecule has 0 bridgehead atoms. The second-order valence-corrected chi connectivity index (χ2v) is 11.7. The van der Waals surface area contributed by atoms with E-state index < -0.39 is 33.4 Å². The predicted octanol–water partition coefficient (Wildman–Crippen LogP) is 4.08. The quantitative estimate of drug-likeness (QED) is 0.722. The Kier molecular flexibility index (Phi) is 5.84. The number of rotatable bonds is 2. The summed E-state index contributed by atoms with van der Waals surface area (Å²) in [6.07, 6.45) is 0.708. The second kappa shape index (κ2) is 7.63. The van der Waals surface area contributed by atoms with Crippen LogP contribution in [-0.4, -0.2) is 44.6 Å². The number of carbonyl (C=O) groups excluding carboxylic acids is 1. The van der Waals surface area contributed by atoms with Crippen molar-refractivity contribution in [2.45, 2.75) is 76.4 Å². The van der Waals surface area contributed by atoms with Crippen LogP contribution >= 0.6 is 0 Å². The van der Waals surface area contributed by atoms with Gasteiger partial charge in [0, 0.05) is 42.9 Å². The topological polar surface area (TPSA) is 73.9 Å². The zero-order valence-corrected chi connectivity index (χ0v) is 18.8. The molecule has 8 heteroatoms. The molecule has 1 saturated heterocycles. The number of fused-ring (bicyclic) bond motifs is 1. The lowest BCUT2D eigenvalue weighted by Crippen LogP contribution is -2.56. The zero-order chi connectivity index (χ0) is 21.6. The summed E-state index contributed by atoms with van der Waals surface area (Å²) >= 11 is -1.36. The van der Waals surface area contributed by atoms with Crippen molar-refractivity contribution in [2.24, 2.45) is 0 Å². The Balaban J connectivity index is 1.81. The van der Waals surface area contributed by atoms with Gasteiger partial charge in [0.05, 0.1) is 0 Å². The summed E-state index contributed by atoms with van der Waals surface area (Å²) < 4.78 is 41.3. The minimum absolute atomic E-state index is 0.350. The summed E-state index contributed by atoms with van der Waals surface area (Å²) in [4.78, 5) is 14.1. The maximum Gasteiger partial charge on any atom is 0.410 e. The van der Waals surface area contributed by atoms with Crippen LogP contribution in [0.3, 0.4) is 0 Å². The van der Waals surface area contributed by atoms with Crippen molar-refractivity contribution in [3.63, 3.8) is 0 Å². The molecule has 0 saturated carbocycles. The Morgan fingerprint density at radius 1 is 1.28 bits per heavy atom. The average Bonchev–Trinajstić information content (AvgIpc) is 2.86. The minimum Gasteiger partial charge on any atom is -0.598 e. The number of carbonyl (C=O) groups is 1. The summed E-state index contributed by atoms with van der Waals surface area (Å²) in [6, 6.07) is 4.01. The number of hydrogen-bond acceptors (Lipinski definition) is 5. The van der Waals surface area contributed by atoms with Crippen molar-refractivity contribution in [3.8, 4) is 5.75 Å². The first kappa shape index (κ1) is 22.2. The van der Waals surface area contributed by atoms with E-state index >= 15 is 0 Å². The Morgan fingerprint density at radius 2 is 1.90 bits per heavy atom. The van der Waals surface area contributed by atoms with Gasteiger partial charge in [-0.2, -0.15) is 0 Å². The number of likely N-dealkylation sites (tertiary alicyclic amines) is 1. The van der Waals surface area contributed by atoms with E-state index in [1.165, 1.54) is 12.1 Å². The number of amides is 1. The highest BCUT2D eigenvalue weighted by molar-refractivity contribution is 7.90. The van der Waals surface area contributed by atoms with E-state index in [-0.39, 0.29) is 11.9 Å². The van der Waals surface area contributed by atoms with Gasteiger partial charge in [-0.15, -0.1) is 4.72 Å². The molecular formula is C21H31FN2O4S. The van der Waals surface area contributed by atoms with Crippen LogP contribution < -0.4 is 9.46 Å². The molecule has 0 unspecified atom stereocenters. The molecule has 6 nitrogen and oxygen atoms in total. The summed E-state index contributed by atoms with van der Waals surface area (Å²) in [5.41, 5.74) is -0.569. The summed E-state index contributed by atoms with van der Waals surface area (Å²) in [7, 11) is 0. The molecule has 29 heavy (non-hydrogen) atoms. The normalized spacial score (nSPS) is 22.2. The van der Waals surface area contributed by atoms with Crippen LogP contribution in [0.25, 0.3) is 0 Å². The Hall–Kier alpha value is -1.51. The highest BCUT2D eigenvalue weighted by atomic mass is 32.2. The molecule has 2 atom stereocenters. The highest BCUT2D eigenvalue weighted by Gasteiger charge is 2.53. The molecule has 0 aromatic heterocycles. The van der Waals surface area contributed by atoms with Crippen molar-refractivity contribution in [2.75, 3.05) is 13.1 Å². The van der Waals surface area contributed by atoms with Crippen LogP contribution in [0.1, 0.15) is 66.0 Å². The maximum atomic E-state index is 14.0. The first-order valence-electron chi connectivity index (χ1n) is 9.95. The van der Waals surface area contributed by atoms with Gasteiger partial charge in [-0.25, -0.2) is 9.18 Å². The minimum atomic E-state index is -1.36. The summed E-state index contributed by atoms with van der Waals surface area (Å²) in [6.45, 7) is 12.1. The maximum absolute atomic E-state index is 14.0. The molecule has 1 aromatic carbocycles. The van der Waals surface area contributed by atoms with Crippen LogP contribution in [0.15, 0.2) is 18.2 Å². The van der Waals surface area contributed by atoms with Crippen molar-refractivity contribution in [1.29, 1.82) is 0 Å². The van der Waals surface area contributed by atoms with E-state index in [1.54, 1.807) is 11.0 Å².